The Morgan fingerprint density at radius 1 is 1.23 bits per heavy atom. The van der Waals surface area contributed by atoms with Gasteiger partial charge in [-0.05, 0) is 42.9 Å². The van der Waals surface area contributed by atoms with Crippen molar-refractivity contribution in [2.75, 3.05) is 0 Å². The molecule has 0 bridgehead atoms. The van der Waals surface area contributed by atoms with Crippen molar-refractivity contribution in [2.24, 2.45) is 5.92 Å². The fourth-order valence-corrected chi connectivity index (χ4v) is 2.51. The molecule has 0 saturated carbocycles. The lowest BCUT2D eigenvalue weighted by atomic mass is 9.88. The van der Waals surface area contributed by atoms with Crippen LogP contribution in [0.5, 0.6) is 0 Å². The van der Waals surface area contributed by atoms with Crippen LogP contribution in [-0.4, -0.2) is 15.0 Å². The largest absolute Gasteiger partial charge is 0.328 e. The molecule has 1 N–H and O–H groups in total. The molecule has 0 aliphatic heterocycles. The molecule has 1 aliphatic rings. The van der Waals surface area contributed by atoms with Crippen molar-refractivity contribution in [3.8, 4) is 11.4 Å². The molecule has 2 aromatic heterocycles. The average Bonchev–Trinajstić information content (AvgIpc) is 2.59. The quantitative estimate of drug-likeness (QED) is 0.909. The van der Waals surface area contributed by atoms with Crippen LogP contribution in [0.2, 0.25) is 0 Å². The van der Waals surface area contributed by atoms with Crippen molar-refractivity contribution >= 4 is 5.57 Å². The normalized spacial score (nSPS) is 17.2. The summed E-state index contributed by atoms with van der Waals surface area (Å²) in [7, 11) is 0. The van der Waals surface area contributed by atoms with Crippen LogP contribution in [0.3, 0.4) is 0 Å². The van der Waals surface area contributed by atoms with Crippen molar-refractivity contribution in [3.05, 3.63) is 52.7 Å². The Morgan fingerprint density at radius 2 is 1.95 bits per heavy atom. The molecule has 2 heterocycles. The first-order valence-corrected chi connectivity index (χ1v) is 7.93. The van der Waals surface area contributed by atoms with Gasteiger partial charge < -0.3 is 4.98 Å². The maximum absolute atomic E-state index is 12.0. The van der Waals surface area contributed by atoms with Crippen LogP contribution < -0.4 is 5.56 Å². The highest BCUT2D eigenvalue weighted by atomic mass is 16.1. The Hall–Kier alpha value is -2.23. The molecule has 4 nitrogen and oxygen atoms in total. The number of nitrogens with one attached hydrogen (secondary N) is 1. The molecule has 0 fully saturated rings. The van der Waals surface area contributed by atoms with Crippen molar-refractivity contribution in [1.82, 2.24) is 15.0 Å². The molecule has 116 valence electrons. The summed E-state index contributed by atoms with van der Waals surface area (Å²) in [5.74, 6) is 1.34. The molecule has 1 aliphatic carbocycles. The predicted molar refractivity (Wildman–Crippen MR) is 90.4 cm³/mol. The highest BCUT2D eigenvalue weighted by Crippen LogP contribution is 2.29. The topological polar surface area (TPSA) is 58.6 Å². The van der Waals surface area contributed by atoms with E-state index in [4.69, 9.17) is 0 Å². The summed E-state index contributed by atoms with van der Waals surface area (Å²) in [5.41, 5.74) is 2.70. The predicted octanol–water partition coefficient (Wildman–Crippen LogP) is 4.06. The summed E-state index contributed by atoms with van der Waals surface area (Å²) in [4.78, 5) is 23.3. The highest BCUT2D eigenvalue weighted by molar-refractivity contribution is 5.69. The number of pyridine rings is 1. The van der Waals surface area contributed by atoms with Gasteiger partial charge in [-0.25, -0.2) is 9.97 Å². The zero-order valence-corrected chi connectivity index (χ0v) is 13.5. The Morgan fingerprint density at radius 3 is 2.59 bits per heavy atom. The Labute approximate surface area is 131 Å². The van der Waals surface area contributed by atoms with Gasteiger partial charge in [-0.1, -0.05) is 26.8 Å². The second-order valence-corrected chi connectivity index (χ2v) is 5.31. The summed E-state index contributed by atoms with van der Waals surface area (Å²) in [6.45, 7) is 6.24. The van der Waals surface area contributed by atoms with Crippen LogP contribution in [0, 0.1) is 5.92 Å². The van der Waals surface area contributed by atoms with Gasteiger partial charge in [0, 0.05) is 29.7 Å². The van der Waals surface area contributed by atoms with Crippen LogP contribution in [0.4, 0.5) is 0 Å². The first kappa shape index (κ1) is 16.1. The molecule has 3 rings (SSSR count). The number of rotatable bonds is 2. The van der Waals surface area contributed by atoms with E-state index in [9.17, 15) is 4.79 Å². The van der Waals surface area contributed by atoms with Crippen LogP contribution in [0.15, 0.2) is 41.6 Å². The van der Waals surface area contributed by atoms with Gasteiger partial charge in [0.05, 0.1) is 0 Å². The van der Waals surface area contributed by atoms with Crippen molar-refractivity contribution in [2.45, 2.75) is 40.0 Å². The minimum Gasteiger partial charge on any atom is -0.328 e. The van der Waals surface area contributed by atoms with Gasteiger partial charge in [0.1, 0.15) is 0 Å². The summed E-state index contributed by atoms with van der Waals surface area (Å²) in [6, 6.07) is 3.68. The van der Waals surface area contributed by atoms with E-state index in [0.717, 1.165) is 36.0 Å². The van der Waals surface area contributed by atoms with Gasteiger partial charge in [-0.15, -0.1) is 0 Å². The van der Waals surface area contributed by atoms with E-state index in [2.05, 4.69) is 28.0 Å². The number of aromatic nitrogens is 3. The Balaban J connectivity index is 0.000000847. The van der Waals surface area contributed by atoms with Crippen LogP contribution in [0.25, 0.3) is 17.0 Å². The number of nitrogens with zero attached hydrogens (tertiary/aromatic N) is 2. The summed E-state index contributed by atoms with van der Waals surface area (Å²) in [6.07, 6.45) is 10.4. The molecule has 2 aromatic rings. The van der Waals surface area contributed by atoms with E-state index in [1.54, 1.807) is 24.7 Å². The minimum atomic E-state index is -0.0366. The lowest BCUT2D eigenvalue weighted by molar-refractivity contribution is 0.533. The van der Waals surface area contributed by atoms with Gasteiger partial charge in [0.15, 0.2) is 5.82 Å². The van der Waals surface area contributed by atoms with Gasteiger partial charge in [-0.3, -0.25) is 4.79 Å². The number of allylic oxidation sites excluding steroid dienone is 2. The number of hydrogen-bond donors (Lipinski definition) is 1. The smallest absolute Gasteiger partial charge is 0.255 e. The minimum absolute atomic E-state index is 0.0366. The lowest BCUT2D eigenvalue weighted by Gasteiger charge is -2.18. The molecular formula is C18H23N3O. The zero-order chi connectivity index (χ0) is 15.9. The van der Waals surface area contributed by atoms with E-state index in [0.29, 0.717) is 11.7 Å². The molecule has 0 spiro atoms. The molecule has 0 amide bonds. The van der Waals surface area contributed by atoms with E-state index < -0.39 is 0 Å². The second kappa shape index (κ2) is 7.69. The maximum Gasteiger partial charge on any atom is 0.255 e. The summed E-state index contributed by atoms with van der Waals surface area (Å²) in [5, 5.41) is 0. The highest BCUT2D eigenvalue weighted by Gasteiger charge is 2.15. The maximum atomic E-state index is 12.0. The molecule has 1 atom stereocenters. The fraction of sp³-hybridized carbons (Fsp3) is 0.389. The third-order valence-electron chi connectivity index (χ3n) is 3.75. The molecule has 4 heteroatoms. The molecular weight excluding hydrogens is 274 g/mol. The molecule has 22 heavy (non-hydrogen) atoms. The summed E-state index contributed by atoms with van der Waals surface area (Å²) >= 11 is 0. The van der Waals surface area contributed by atoms with E-state index in [1.165, 1.54) is 0 Å². The van der Waals surface area contributed by atoms with Gasteiger partial charge in [0.25, 0.3) is 5.56 Å². The third-order valence-corrected chi connectivity index (χ3v) is 3.75. The molecule has 0 radical (unpaired) electrons. The third kappa shape index (κ3) is 3.70. The SMILES string of the molecule is CC.CC1CC=C(c2cc(-c3ncccn3)c[nH]c2=O)CC1. The van der Waals surface area contributed by atoms with Crippen LogP contribution in [0.1, 0.15) is 45.6 Å². The number of aromatic amines is 1. The van der Waals surface area contributed by atoms with Gasteiger partial charge >= 0.3 is 0 Å². The Bertz CT molecular complexity index is 689. The average molecular weight is 297 g/mol. The molecule has 0 saturated heterocycles. The number of H-pyrrole nitrogens is 1. The van der Waals surface area contributed by atoms with Crippen molar-refractivity contribution < 1.29 is 0 Å². The first-order chi connectivity index (χ1) is 10.7. The standard InChI is InChI=1S/C16H17N3O.C2H6/c1-11-3-5-12(6-4-11)14-9-13(10-19-16(14)20)15-17-7-2-8-18-15;1-2/h2,5,7-11H,3-4,6H2,1H3,(H,19,20);1-2H3. The lowest BCUT2D eigenvalue weighted by Crippen LogP contribution is -2.14. The van der Waals surface area contributed by atoms with Crippen LogP contribution in [-0.2, 0) is 0 Å². The van der Waals surface area contributed by atoms with E-state index in [-0.39, 0.29) is 5.56 Å². The van der Waals surface area contributed by atoms with Gasteiger partial charge in [0.2, 0.25) is 0 Å². The van der Waals surface area contributed by atoms with Crippen LogP contribution >= 0.6 is 0 Å². The first-order valence-electron chi connectivity index (χ1n) is 7.93. The molecule has 0 aromatic carbocycles. The van der Waals surface area contributed by atoms with Crippen molar-refractivity contribution in [1.29, 1.82) is 0 Å². The van der Waals surface area contributed by atoms with Gasteiger partial charge in [-0.2, -0.15) is 0 Å². The monoisotopic (exact) mass is 297 g/mol. The number of hydrogen-bond acceptors (Lipinski definition) is 3. The fourth-order valence-electron chi connectivity index (χ4n) is 2.51. The second-order valence-electron chi connectivity index (χ2n) is 5.31. The van der Waals surface area contributed by atoms with E-state index in [1.807, 2.05) is 19.9 Å². The summed E-state index contributed by atoms with van der Waals surface area (Å²) < 4.78 is 0. The zero-order valence-electron chi connectivity index (χ0n) is 13.5. The Kier molecular flexibility index (Phi) is 5.64. The van der Waals surface area contributed by atoms with Crippen molar-refractivity contribution in [3.63, 3.8) is 0 Å². The molecule has 1 unspecified atom stereocenters. The van der Waals surface area contributed by atoms with E-state index >= 15 is 0 Å².